The molecule has 0 aliphatic carbocycles. The predicted molar refractivity (Wildman–Crippen MR) is 86.3 cm³/mol. The van der Waals surface area contributed by atoms with Crippen molar-refractivity contribution in [2.24, 2.45) is 5.73 Å². The first-order valence-electron chi connectivity index (χ1n) is 5.51. The third-order valence-electron chi connectivity index (χ3n) is 2.58. The van der Waals surface area contributed by atoms with Crippen LogP contribution in [0.2, 0.25) is 5.02 Å². The summed E-state index contributed by atoms with van der Waals surface area (Å²) in [4.78, 5) is 0.294. The molecule has 0 atom stereocenters. The summed E-state index contributed by atoms with van der Waals surface area (Å²) in [6.45, 7) is 1.95. The summed E-state index contributed by atoms with van der Waals surface area (Å²) in [6.07, 6.45) is 0. The molecule has 2 aromatic carbocycles. The number of ether oxygens (including phenoxy) is 1. The van der Waals surface area contributed by atoms with Gasteiger partial charge in [-0.3, -0.25) is 0 Å². The second kappa shape index (κ2) is 5.90. The summed E-state index contributed by atoms with van der Waals surface area (Å²) in [5, 5.41) is 0.618. The van der Waals surface area contributed by atoms with Crippen LogP contribution in [0.1, 0.15) is 11.1 Å². The van der Waals surface area contributed by atoms with Crippen LogP contribution in [0.3, 0.4) is 0 Å². The standard InChI is InChI=1S/C14H11BrClNOS/c1-8-2-4-10(16)7-12(8)18-13-6-9(15)3-5-11(13)14(17)19/h2-7H,1H3,(H2,17,19). The molecular weight excluding hydrogens is 346 g/mol. The highest BCUT2D eigenvalue weighted by Gasteiger charge is 2.10. The predicted octanol–water partition coefficient (Wildman–Crippen LogP) is 4.84. The molecule has 0 fully saturated rings. The van der Waals surface area contributed by atoms with Gasteiger partial charge < -0.3 is 10.5 Å². The fourth-order valence-electron chi connectivity index (χ4n) is 1.59. The lowest BCUT2D eigenvalue weighted by molar-refractivity contribution is 0.477. The second-order valence-electron chi connectivity index (χ2n) is 4.02. The van der Waals surface area contributed by atoms with Gasteiger partial charge in [-0.15, -0.1) is 0 Å². The van der Waals surface area contributed by atoms with E-state index in [-0.39, 0.29) is 0 Å². The van der Waals surface area contributed by atoms with Crippen molar-refractivity contribution in [3.63, 3.8) is 0 Å². The smallest absolute Gasteiger partial charge is 0.138 e. The third kappa shape index (κ3) is 3.47. The first-order chi connectivity index (χ1) is 8.97. The first-order valence-corrected chi connectivity index (χ1v) is 7.08. The van der Waals surface area contributed by atoms with Gasteiger partial charge in [-0.1, -0.05) is 45.8 Å². The van der Waals surface area contributed by atoms with Crippen LogP contribution >= 0.6 is 39.7 Å². The number of benzene rings is 2. The third-order valence-corrected chi connectivity index (χ3v) is 3.53. The topological polar surface area (TPSA) is 35.2 Å². The number of nitrogens with two attached hydrogens (primary N) is 1. The lowest BCUT2D eigenvalue weighted by Gasteiger charge is -2.13. The Hall–Kier alpha value is -1.10. The molecule has 0 aliphatic rings. The molecule has 98 valence electrons. The van der Waals surface area contributed by atoms with Gasteiger partial charge in [0.2, 0.25) is 0 Å². The van der Waals surface area contributed by atoms with Crippen molar-refractivity contribution >= 4 is 44.7 Å². The van der Waals surface area contributed by atoms with E-state index in [1.54, 1.807) is 6.07 Å². The molecule has 0 spiro atoms. The van der Waals surface area contributed by atoms with Crippen LogP contribution in [0.5, 0.6) is 11.5 Å². The molecule has 0 radical (unpaired) electrons. The molecule has 0 aromatic heterocycles. The Morgan fingerprint density at radius 3 is 2.63 bits per heavy atom. The van der Waals surface area contributed by atoms with E-state index < -0.39 is 0 Å². The average molecular weight is 357 g/mol. The molecular formula is C14H11BrClNOS. The number of hydrogen-bond donors (Lipinski definition) is 1. The van der Waals surface area contributed by atoms with E-state index >= 15 is 0 Å². The van der Waals surface area contributed by atoms with Gasteiger partial charge in [-0.2, -0.15) is 0 Å². The highest BCUT2D eigenvalue weighted by Crippen LogP contribution is 2.32. The van der Waals surface area contributed by atoms with Gasteiger partial charge in [0, 0.05) is 9.50 Å². The summed E-state index contributed by atoms with van der Waals surface area (Å²) < 4.78 is 6.77. The molecule has 0 bridgehead atoms. The van der Waals surface area contributed by atoms with Crippen LogP contribution in [0, 0.1) is 6.92 Å². The Labute approximate surface area is 130 Å². The van der Waals surface area contributed by atoms with E-state index in [9.17, 15) is 0 Å². The fraction of sp³-hybridized carbons (Fsp3) is 0.0714. The minimum atomic E-state index is 0.294. The number of rotatable bonds is 3. The van der Waals surface area contributed by atoms with E-state index in [4.69, 9.17) is 34.3 Å². The van der Waals surface area contributed by atoms with Crippen molar-refractivity contribution in [3.05, 3.63) is 57.0 Å². The van der Waals surface area contributed by atoms with Crippen molar-refractivity contribution in [3.8, 4) is 11.5 Å². The maximum atomic E-state index is 5.98. The van der Waals surface area contributed by atoms with Gasteiger partial charge in [0.25, 0.3) is 0 Å². The van der Waals surface area contributed by atoms with Gasteiger partial charge in [0.05, 0.1) is 5.56 Å². The van der Waals surface area contributed by atoms with Crippen LogP contribution in [0.4, 0.5) is 0 Å². The molecule has 0 aliphatic heterocycles. The van der Waals surface area contributed by atoms with Crippen molar-refractivity contribution in [1.29, 1.82) is 0 Å². The summed E-state index contributed by atoms with van der Waals surface area (Å²) >= 11 is 14.4. The molecule has 0 heterocycles. The Morgan fingerprint density at radius 1 is 1.21 bits per heavy atom. The van der Waals surface area contributed by atoms with Crippen LogP contribution in [-0.2, 0) is 0 Å². The lowest BCUT2D eigenvalue weighted by atomic mass is 10.2. The quantitative estimate of drug-likeness (QED) is 0.799. The fourth-order valence-corrected chi connectivity index (χ4v) is 2.26. The highest BCUT2D eigenvalue weighted by molar-refractivity contribution is 9.10. The van der Waals surface area contributed by atoms with E-state index in [1.807, 2.05) is 37.3 Å². The van der Waals surface area contributed by atoms with Crippen LogP contribution < -0.4 is 10.5 Å². The Bertz CT molecular complexity index is 645. The maximum absolute atomic E-state index is 5.98. The number of hydrogen-bond acceptors (Lipinski definition) is 2. The van der Waals surface area contributed by atoms with Crippen molar-refractivity contribution in [2.75, 3.05) is 0 Å². The second-order valence-corrected chi connectivity index (χ2v) is 5.81. The molecule has 0 saturated heterocycles. The van der Waals surface area contributed by atoms with Crippen molar-refractivity contribution in [2.45, 2.75) is 6.92 Å². The van der Waals surface area contributed by atoms with Crippen LogP contribution in [0.25, 0.3) is 0 Å². The van der Waals surface area contributed by atoms with E-state index in [2.05, 4.69) is 15.9 Å². The number of aryl methyl sites for hydroxylation is 1. The van der Waals surface area contributed by atoms with E-state index in [0.717, 1.165) is 10.0 Å². The van der Waals surface area contributed by atoms with Gasteiger partial charge in [0.1, 0.15) is 16.5 Å². The van der Waals surface area contributed by atoms with Crippen LogP contribution in [0.15, 0.2) is 40.9 Å². The normalized spacial score (nSPS) is 10.3. The summed E-state index contributed by atoms with van der Waals surface area (Å²) in [6, 6.07) is 11.0. The maximum Gasteiger partial charge on any atom is 0.138 e. The molecule has 2 aromatic rings. The molecule has 19 heavy (non-hydrogen) atoms. The van der Waals surface area contributed by atoms with Gasteiger partial charge in [0.15, 0.2) is 0 Å². The molecule has 2 rings (SSSR count). The molecule has 2 N–H and O–H groups in total. The zero-order chi connectivity index (χ0) is 14.0. The minimum absolute atomic E-state index is 0.294. The van der Waals surface area contributed by atoms with Crippen LogP contribution in [-0.4, -0.2) is 4.99 Å². The molecule has 0 saturated carbocycles. The monoisotopic (exact) mass is 355 g/mol. The Balaban J connectivity index is 2.45. The zero-order valence-electron chi connectivity index (χ0n) is 10.1. The van der Waals surface area contributed by atoms with Gasteiger partial charge in [-0.25, -0.2) is 0 Å². The lowest BCUT2D eigenvalue weighted by Crippen LogP contribution is -2.10. The molecule has 0 unspecified atom stereocenters. The van der Waals surface area contributed by atoms with Gasteiger partial charge in [-0.05, 0) is 42.8 Å². The Kier molecular flexibility index (Phi) is 4.45. The van der Waals surface area contributed by atoms with Gasteiger partial charge >= 0.3 is 0 Å². The molecule has 0 amide bonds. The number of halogens is 2. The zero-order valence-corrected chi connectivity index (χ0v) is 13.3. The molecule has 2 nitrogen and oxygen atoms in total. The van der Waals surface area contributed by atoms with Crippen molar-refractivity contribution < 1.29 is 4.74 Å². The largest absolute Gasteiger partial charge is 0.456 e. The average Bonchev–Trinajstić information content (AvgIpc) is 2.33. The van der Waals surface area contributed by atoms with Crippen molar-refractivity contribution in [1.82, 2.24) is 0 Å². The summed E-state index contributed by atoms with van der Waals surface area (Å²) in [5.74, 6) is 1.29. The summed E-state index contributed by atoms with van der Waals surface area (Å²) in [7, 11) is 0. The Morgan fingerprint density at radius 2 is 1.95 bits per heavy atom. The SMILES string of the molecule is Cc1ccc(Cl)cc1Oc1cc(Br)ccc1C(N)=S. The minimum Gasteiger partial charge on any atom is -0.456 e. The number of thiocarbonyl (C=S) groups is 1. The highest BCUT2D eigenvalue weighted by atomic mass is 79.9. The summed E-state index contributed by atoms with van der Waals surface area (Å²) in [5.41, 5.74) is 7.37. The van der Waals surface area contributed by atoms with E-state index in [1.165, 1.54) is 0 Å². The molecule has 5 heteroatoms. The first kappa shape index (κ1) is 14.3. The van der Waals surface area contributed by atoms with E-state index in [0.29, 0.717) is 27.1 Å².